The molecular weight excluding hydrogens is 256 g/mol. The molecule has 0 amide bonds. The van der Waals surface area contributed by atoms with Crippen LogP contribution in [0.5, 0.6) is 0 Å². The van der Waals surface area contributed by atoms with E-state index in [1.165, 1.54) is 71.1 Å². The van der Waals surface area contributed by atoms with E-state index in [1.807, 2.05) is 0 Å². The van der Waals surface area contributed by atoms with Crippen LogP contribution < -0.4 is 0 Å². The molecule has 0 aliphatic carbocycles. The summed E-state index contributed by atoms with van der Waals surface area (Å²) in [6, 6.07) is 0. The maximum Gasteiger partial charge on any atom is 0.0153 e. The third kappa shape index (κ3) is 4.69. The highest BCUT2D eigenvalue weighted by Gasteiger charge is 2.34. The van der Waals surface area contributed by atoms with Crippen molar-refractivity contribution in [3.63, 3.8) is 0 Å². The van der Waals surface area contributed by atoms with Gasteiger partial charge in [0.05, 0.1) is 0 Å². The van der Waals surface area contributed by atoms with Gasteiger partial charge in [0.2, 0.25) is 0 Å². The van der Waals surface area contributed by atoms with Crippen LogP contribution in [0, 0.1) is 5.92 Å². The largest absolute Gasteiger partial charge is 0.298 e. The molecule has 0 N–H and O–H groups in total. The van der Waals surface area contributed by atoms with Crippen LogP contribution in [0.4, 0.5) is 0 Å². The van der Waals surface area contributed by atoms with Gasteiger partial charge in [-0.3, -0.25) is 9.80 Å². The van der Waals surface area contributed by atoms with Gasteiger partial charge in [0, 0.05) is 11.1 Å². The van der Waals surface area contributed by atoms with Crippen molar-refractivity contribution in [1.82, 2.24) is 9.80 Å². The Morgan fingerprint density at radius 3 is 1.62 bits per heavy atom. The quantitative estimate of drug-likeness (QED) is 0.734. The van der Waals surface area contributed by atoms with Crippen molar-refractivity contribution in [2.75, 3.05) is 26.2 Å². The first-order valence-corrected chi connectivity index (χ1v) is 9.31. The summed E-state index contributed by atoms with van der Waals surface area (Å²) in [5, 5.41) is 0. The second-order valence-corrected chi connectivity index (χ2v) is 8.84. The maximum absolute atomic E-state index is 2.75. The number of hydrogen-bond donors (Lipinski definition) is 0. The summed E-state index contributed by atoms with van der Waals surface area (Å²) in [4.78, 5) is 5.49. The molecular formula is C19H38N2. The molecule has 2 rings (SSSR count). The van der Waals surface area contributed by atoms with Crippen LogP contribution >= 0.6 is 0 Å². The van der Waals surface area contributed by atoms with Gasteiger partial charge < -0.3 is 0 Å². The fourth-order valence-corrected chi connectivity index (χ4v) is 4.04. The lowest BCUT2D eigenvalue weighted by molar-refractivity contribution is 0.0389. The Balaban J connectivity index is 1.84. The Morgan fingerprint density at radius 1 is 0.714 bits per heavy atom. The normalized spacial score (nSPS) is 24.4. The molecule has 2 saturated heterocycles. The van der Waals surface area contributed by atoms with Crippen molar-refractivity contribution < 1.29 is 0 Å². The monoisotopic (exact) mass is 294 g/mol. The highest BCUT2D eigenvalue weighted by molar-refractivity contribution is 4.90. The lowest BCUT2D eigenvalue weighted by Crippen LogP contribution is -2.51. The number of likely N-dealkylation sites (tertiary alicyclic amines) is 2. The molecule has 2 heterocycles. The molecule has 0 radical (unpaired) electrons. The second kappa shape index (κ2) is 7.00. The minimum atomic E-state index is 0.368. The van der Waals surface area contributed by atoms with E-state index >= 15 is 0 Å². The zero-order valence-corrected chi connectivity index (χ0v) is 15.2. The van der Waals surface area contributed by atoms with Gasteiger partial charge in [0.25, 0.3) is 0 Å². The number of nitrogens with zero attached hydrogens (tertiary/aromatic N) is 2. The molecule has 0 aromatic carbocycles. The third-order valence-corrected chi connectivity index (χ3v) is 6.20. The van der Waals surface area contributed by atoms with Crippen LogP contribution in [0.15, 0.2) is 0 Å². The molecule has 0 saturated carbocycles. The fraction of sp³-hybridized carbons (Fsp3) is 1.00. The van der Waals surface area contributed by atoms with Crippen molar-refractivity contribution in [2.45, 2.75) is 90.6 Å². The Bertz CT molecular complexity index is 308. The van der Waals surface area contributed by atoms with Gasteiger partial charge in [-0.05, 0) is 98.3 Å². The Hall–Kier alpha value is -0.0800. The topological polar surface area (TPSA) is 6.48 Å². The van der Waals surface area contributed by atoms with Crippen molar-refractivity contribution in [2.24, 2.45) is 5.92 Å². The molecule has 0 bridgehead atoms. The average Bonchev–Trinajstić information content (AvgIpc) is 2.47. The number of rotatable bonds is 5. The lowest BCUT2D eigenvalue weighted by atomic mass is 9.84. The molecule has 21 heavy (non-hydrogen) atoms. The van der Waals surface area contributed by atoms with E-state index in [9.17, 15) is 0 Å². The van der Waals surface area contributed by atoms with Crippen LogP contribution in [-0.4, -0.2) is 47.1 Å². The van der Waals surface area contributed by atoms with Gasteiger partial charge in [-0.2, -0.15) is 0 Å². The van der Waals surface area contributed by atoms with E-state index in [0.717, 1.165) is 5.92 Å². The summed E-state index contributed by atoms with van der Waals surface area (Å²) >= 11 is 0. The standard InChI is InChI=1S/C19H38N2/c1-17-9-15-21(16-10-17)19(4,5)12-11-18(2,3)20-13-7-6-8-14-20/h17H,6-16H2,1-5H3. The molecule has 2 aliphatic rings. The van der Waals surface area contributed by atoms with Crippen molar-refractivity contribution in [1.29, 1.82) is 0 Å². The van der Waals surface area contributed by atoms with Crippen LogP contribution in [0.25, 0.3) is 0 Å². The number of hydrogen-bond acceptors (Lipinski definition) is 2. The van der Waals surface area contributed by atoms with Crippen molar-refractivity contribution >= 4 is 0 Å². The molecule has 2 aliphatic heterocycles. The third-order valence-electron chi connectivity index (χ3n) is 6.20. The van der Waals surface area contributed by atoms with Gasteiger partial charge in [-0.1, -0.05) is 13.3 Å². The predicted octanol–water partition coefficient (Wildman–Crippen LogP) is 4.54. The van der Waals surface area contributed by atoms with Gasteiger partial charge in [0.1, 0.15) is 0 Å². The Morgan fingerprint density at radius 2 is 1.14 bits per heavy atom. The van der Waals surface area contributed by atoms with Crippen LogP contribution in [0.2, 0.25) is 0 Å². The smallest absolute Gasteiger partial charge is 0.0153 e. The molecule has 0 atom stereocenters. The second-order valence-electron chi connectivity index (χ2n) is 8.84. The van der Waals surface area contributed by atoms with Crippen LogP contribution in [0.3, 0.4) is 0 Å². The first-order chi connectivity index (χ1) is 9.81. The van der Waals surface area contributed by atoms with Crippen molar-refractivity contribution in [3.8, 4) is 0 Å². The summed E-state index contributed by atoms with van der Waals surface area (Å²) in [5.41, 5.74) is 0.744. The average molecular weight is 295 g/mol. The van der Waals surface area contributed by atoms with E-state index in [2.05, 4.69) is 44.4 Å². The highest BCUT2D eigenvalue weighted by atomic mass is 15.2. The predicted molar refractivity (Wildman–Crippen MR) is 92.8 cm³/mol. The zero-order chi connectivity index (χ0) is 15.5. The molecule has 0 aromatic heterocycles. The van der Waals surface area contributed by atoms with Crippen LogP contribution in [0.1, 0.15) is 79.6 Å². The summed E-state index contributed by atoms with van der Waals surface area (Å²) < 4.78 is 0. The molecule has 2 heteroatoms. The first-order valence-electron chi connectivity index (χ1n) is 9.31. The van der Waals surface area contributed by atoms with Gasteiger partial charge in [-0.15, -0.1) is 0 Å². The summed E-state index contributed by atoms with van der Waals surface area (Å²) in [5.74, 6) is 0.932. The van der Waals surface area contributed by atoms with Crippen LogP contribution in [-0.2, 0) is 0 Å². The van der Waals surface area contributed by atoms with Gasteiger partial charge in [-0.25, -0.2) is 0 Å². The first kappa shape index (κ1) is 17.3. The Kier molecular flexibility index (Phi) is 5.76. The molecule has 0 aromatic rings. The minimum absolute atomic E-state index is 0.368. The Labute approximate surface area is 133 Å². The minimum Gasteiger partial charge on any atom is -0.298 e. The zero-order valence-electron chi connectivity index (χ0n) is 15.2. The van der Waals surface area contributed by atoms with E-state index in [1.54, 1.807) is 0 Å². The summed E-state index contributed by atoms with van der Waals surface area (Å²) in [6.07, 6.45) is 9.66. The molecule has 2 fully saturated rings. The van der Waals surface area contributed by atoms with E-state index in [-0.39, 0.29) is 0 Å². The molecule has 0 spiro atoms. The summed E-state index contributed by atoms with van der Waals surface area (Å²) in [7, 11) is 0. The summed E-state index contributed by atoms with van der Waals surface area (Å²) in [6.45, 7) is 17.5. The van der Waals surface area contributed by atoms with Gasteiger partial charge >= 0.3 is 0 Å². The molecule has 0 unspecified atom stereocenters. The van der Waals surface area contributed by atoms with Crippen molar-refractivity contribution in [3.05, 3.63) is 0 Å². The maximum atomic E-state index is 2.75. The van der Waals surface area contributed by atoms with E-state index in [0.29, 0.717) is 11.1 Å². The van der Waals surface area contributed by atoms with E-state index < -0.39 is 0 Å². The molecule has 124 valence electrons. The lowest BCUT2D eigenvalue weighted by Gasteiger charge is -2.46. The SMILES string of the molecule is CC1CCN(C(C)(C)CCC(C)(C)N2CCCCC2)CC1. The highest BCUT2D eigenvalue weighted by Crippen LogP contribution is 2.32. The molecule has 2 nitrogen and oxygen atoms in total. The fourth-order valence-electron chi connectivity index (χ4n) is 4.04. The number of piperidine rings is 2. The van der Waals surface area contributed by atoms with Gasteiger partial charge in [0.15, 0.2) is 0 Å². The van der Waals surface area contributed by atoms with E-state index in [4.69, 9.17) is 0 Å².